The van der Waals surface area contributed by atoms with Crippen molar-refractivity contribution >= 4 is 0 Å². The Labute approximate surface area is 104 Å². The van der Waals surface area contributed by atoms with E-state index in [9.17, 15) is 0 Å². The van der Waals surface area contributed by atoms with E-state index >= 15 is 0 Å². The fourth-order valence-electron chi connectivity index (χ4n) is 3.52. The molecule has 0 aromatic heterocycles. The molecule has 1 aliphatic carbocycles. The maximum Gasteiger partial charge on any atom is 0.0607 e. The molecule has 2 atom stereocenters. The van der Waals surface area contributed by atoms with E-state index in [4.69, 9.17) is 15.2 Å². The zero-order chi connectivity index (χ0) is 12.5. The number of methoxy groups -OCH3 is 2. The van der Waals surface area contributed by atoms with Crippen LogP contribution in [-0.4, -0.2) is 56.0 Å². The van der Waals surface area contributed by atoms with Crippen LogP contribution in [0.4, 0.5) is 0 Å². The van der Waals surface area contributed by atoms with Crippen molar-refractivity contribution in [2.24, 2.45) is 5.73 Å². The lowest BCUT2D eigenvalue weighted by atomic mass is 9.71. The maximum atomic E-state index is 6.02. The van der Waals surface area contributed by atoms with Gasteiger partial charge >= 0.3 is 0 Å². The van der Waals surface area contributed by atoms with Crippen LogP contribution >= 0.6 is 0 Å². The first-order chi connectivity index (χ1) is 8.15. The molecule has 2 fully saturated rings. The minimum atomic E-state index is 0.193. The molecule has 1 heterocycles. The van der Waals surface area contributed by atoms with Gasteiger partial charge in [0.15, 0.2) is 0 Å². The molecule has 2 unspecified atom stereocenters. The monoisotopic (exact) mass is 242 g/mol. The van der Waals surface area contributed by atoms with Crippen LogP contribution in [0.3, 0.4) is 0 Å². The molecule has 4 nitrogen and oxygen atoms in total. The first kappa shape index (κ1) is 13.3. The van der Waals surface area contributed by atoms with Crippen LogP contribution in [0.1, 0.15) is 32.6 Å². The van der Waals surface area contributed by atoms with Crippen LogP contribution in [0.5, 0.6) is 0 Å². The lowest BCUT2D eigenvalue weighted by Crippen LogP contribution is -2.67. The summed E-state index contributed by atoms with van der Waals surface area (Å²) in [6, 6.07) is 0.565. The molecule has 1 saturated heterocycles. The van der Waals surface area contributed by atoms with Gasteiger partial charge in [-0.1, -0.05) is 0 Å². The van der Waals surface area contributed by atoms with Crippen LogP contribution in [0.15, 0.2) is 0 Å². The Kier molecular flexibility index (Phi) is 4.08. The largest absolute Gasteiger partial charge is 0.381 e. The maximum absolute atomic E-state index is 6.02. The van der Waals surface area contributed by atoms with E-state index in [-0.39, 0.29) is 5.54 Å². The quantitative estimate of drug-likeness (QED) is 0.799. The second-order valence-corrected chi connectivity index (χ2v) is 5.62. The van der Waals surface area contributed by atoms with Crippen LogP contribution in [0.25, 0.3) is 0 Å². The summed E-state index contributed by atoms with van der Waals surface area (Å²) in [5.74, 6) is 0. The zero-order valence-corrected chi connectivity index (χ0v) is 11.3. The van der Waals surface area contributed by atoms with Gasteiger partial charge in [0.2, 0.25) is 0 Å². The van der Waals surface area contributed by atoms with Crippen molar-refractivity contribution in [3.63, 3.8) is 0 Å². The summed E-state index contributed by atoms with van der Waals surface area (Å²) >= 11 is 0. The number of nitrogens with zero attached hydrogens (tertiary/aromatic N) is 1. The Morgan fingerprint density at radius 1 is 1.24 bits per heavy atom. The second kappa shape index (κ2) is 5.22. The molecule has 0 aromatic rings. The topological polar surface area (TPSA) is 47.7 Å². The Balaban J connectivity index is 1.97. The van der Waals surface area contributed by atoms with E-state index in [0.29, 0.717) is 18.2 Å². The molecule has 4 heteroatoms. The number of piperidine rings is 1. The van der Waals surface area contributed by atoms with Crippen LogP contribution in [0.2, 0.25) is 0 Å². The number of hydrogen-bond donors (Lipinski definition) is 1. The number of hydrogen-bond acceptors (Lipinski definition) is 4. The summed E-state index contributed by atoms with van der Waals surface area (Å²) in [6.45, 7) is 4.14. The molecule has 2 N–H and O–H groups in total. The first-order valence-electron chi connectivity index (χ1n) is 6.67. The van der Waals surface area contributed by atoms with Crippen molar-refractivity contribution in [1.29, 1.82) is 0 Å². The molecule has 0 amide bonds. The van der Waals surface area contributed by atoms with Gasteiger partial charge in [-0.25, -0.2) is 0 Å². The number of ether oxygens (including phenoxy) is 2. The molecule has 0 spiro atoms. The van der Waals surface area contributed by atoms with Gasteiger partial charge in [-0.05, 0) is 32.6 Å². The molecule has 1 saturated carbocycles. The fourth-order valence-corrected chi connectivity index (χ4v) is 3.52. The fraction of sp³-hybridized carbons (Fsp3) is 1.00. The third-order valence-corrected chi connectivity index (χ3v) is 4.70. The van der Waals surface area contributed by atoms with Crippen molar-refractivity contribution in [3.8, 4) is 0 Å². The summed E-state index contributed by atoms with van der Waals surface area (Å²) in [5.41, 5.74) is 6.21. The molecular weight excluding hydrogens is 216 g/mol. The van der Waals surface area contributed by atoms with E-state index in [2.05, 4.69) is 11.8 Å². The Morgan fingerprint density at radius 3 is 2.35 bits per heavy atom. The number of rotatable bonds is 4. The summed E-state index contributed by atoms with van der Waals surface area (Å²) in [6.07, 6.45) is 5.25. The van der Waals surface area contributed by atoms with E-state index in [1.54, 1.807) is 7.11 Å². The highest BCUT2D eigenvalue weighted by molar-refractivity contribution is 5.06. The number of nitrogens with two attached hydrogens (primary N) is 1. The molecule has 2 aliphatic rings. The zero-order valence-electron chi connectivity index (χ0n) is 11.3. The van der Waals surface area contributed by atoms with Gasteiger partial charge in [0.1, 0.15) is 0 Å². The lowest BCUT2D eigenvalue weighted by molar-refractivity contribution is -0.121. The van der Waals surface area contributed by atoms with Gasteiger partial charge in [0, 0.05) is 38.9 Å². The van der Waals surface area contributed by atoms with E-state index in [1.807, 2.05) is 7.11 Å². The predicted octanol–water partition coefficient (Wildman–Crippen LogP) is 0.992. The average molecular weight is 242 g/mol. The van der Waals surface area contributed by atoms with Crippen molar-refractivity contribution in [3.05, 3.63) is 0 Å². The van der Waals surface area contributed by atoms with Crippen LogP contribution in [-0.2, 0) is 9.47 Å². The summed E-state index contributed by atoms with van der Waals surface area (Å²) < 4.78 is 10.9. The SMILES string of the molecule is COC1CCN(C2(CN)CC(OC)C2)C(C)C1. The first-order valence-corrected chi connectivity index (χ1v) is 6.67. The Bertz CT molecular complexity index is 254. The molecule has 100 valence electrons. The second-order valence-electron chi connectivity index (χ2n) is 5.62. The van der Waals surface area contributed by atoms with Crippen molar-refractivity contribution in [1.82, 2.24) is 4.90 Å². The molecule has 0 radical (unpaired) electrons. The van der Waals surface area contributed by atoms with Crippen molar-refractivity contribution in [2.75, 3.05) is 27.3 Å². The van der Waals surface area contributed by atoms with Crippen molar-refractivity contribution < 1.29 is 9.47 Å². The van der Waals surface area contributed by atoms with Crippen LogP contribution in [0, 0.1) is 0 Å². The third-order valence-electron chi connectivity index (χ3n) is 4.70. The van der Waals surface area contributed by atoms with Crippen LogP contribution < -0.4 is 5.73 Å². The van der Waals surface area contributed by atoms with Gasteiger partial charge in [-0.3, -0.25) is 4.90 Å². The van der Waals surface area contributed by atoms with Crippen molar-refractivity contribution in [2.45, 2.75) is 56.4 Å². The van der Waals surface area contributed by atoms with E-state index < -0.39 is 0 Å². The summed E-state index contributed by atoms with van der Waals surface area (Å²) in [7, 11) is 3.61. The highest BCUT2D eigenvalue weighted by Gasteiger charge is 2.50. The number of likely N-dealkylation sites (tertiary alicyclic amines) is 1. The third kappa shape index (κ3) is 2.36. The average Bonchev–Trinajstić information content (AvgIpc) is 2.30. The van der Waals surface area contributed by atoms with E-state index in [1.165, 1.54) is 0 Å². The summed E-state index contributed by atoms with van der Waals surface area (Å²) in [4.78, 5) is 2.60. The molecular formula is C13H26N2O2. The standard InChI is InChI=1S/C13H26N2O2/c1-10-6-11(16-2)4-5-15(10)13(9-14)7-12(8-13)17-3/h10-12H,4-9,14H2,1-3H3. The Hall–Kier alpha value is -0.160. The minimum Gasteiger partial charge on any atom is -0.381 e. The minimum absolute atomic E-state index is 0.193. The predicted molar refractivity (Wildman–Crippen MR) is 68.0 cm³/mol. The van der Waals surface area contributed by atoms with Gasteiger partial charge in [0.05, 0.1) is 12.2 Å². The molecule has 1 aliphatic heterocycles. The highest BCUT2D eigenvalue weighted by Crippen LogP contribution is 2.42. The lowest BCUT2D eigenvalue weighted by Gasteiger charge is -2.57. The van der Waals surface area contributed by atoms with Gasteiger partial charge < -0.3 is 15.2 Å². The van der Waals surface area contributed by atoms with E-state index in [0.717, 1.165) is 38.8 Å². The van der Waals surface area contributed by atoms with Gasteiger partial charge in [0.25, 0.3) is 0 Å². The Morgan fingerprint density at radius 2 is 1.88 bits per heavy atom. The van der Waals surface area contributed by atoms with Gasteiger partial charge in [-0.15, -0.1) is 0 Å². The summed E-state index contributed by atoms with van der Waals surface area (Å²) in [5, 5.41) is 0. The van der Waals surface area contributed by atoms with Gasteiger partial charge in [-0.2, -0.15) is 0 Å². The molecule has 2 rings (SSSR count). The molecule has 17 heavy (non-hydrogen) atoms. The molecule has 0 aromatic carbocycles. The smallest absolute Gasteiger partial charge is 0.0607 e. The highest BCUT2D eigenvalue weighted by atomic mass is 16.5. The molecule has 0 bridgehead atoms. The normalized spacial score (nSPS) is 43.4.